The number of urea groups is 1. The molecule has 2 amide bonds. The number of phenolic OH excluding ortho intramolecular Hbond substituents is 1. The minimum absolute atomic E-state index is 0.337. The van der Waals surface area contributed by atoms with Gasteiger partial charge in [-0.05, 0) is 19.1 Å². The Morgan fingerprint density at radius 1 is 1.46 bits per heavy atom. The minimum atomic E-state index is -0.833. The highest BCUT2D eigenvalue weighted by Crippen LogP contribution is 2.23. The van der Waals surface area contributed by atoms with Crippen molar-refractivity contribution in [2.45, 2.75) is 6.92 Å². The van der Waals surface area contributed by atoms with Crippen LogP contribution in [0.15, 0.2) is 22.7 Å². The molecule has 1 rings (SSSR count). The van der Waals surface area contributed by atoms with Crippen LogP contribution in [0.4, 0.5) is 4.79 Å². The summed E-state index contributed by atoms with van der Waals surface area (Å²) in [4.78, 5) is 9.00. The third-order valence-corrected chi connectivity index (χ3v) is 2.10. The highest BCUT2D eigenvalue weighted by molar-refractivity contribution is 9.10. The Hall–Kier alpha value is -1.23. The molecule has 0 aliphatic carbocycles. The zero-order chi connectivity index (χ0) is 10.4. The van der Waals surface area contributed by atoms with Gasteiger partial charge < -0.3 is 16.6 Å². The molecule has 0 unspecified atom stereocenters. The van der Waals surface area contributed by atoms with Crippen molar-refractivity contribution < 1.29 is 9.90 Å². The molecule has 0 aliphatic rings. The average molecular weight is 247 g/mol. The van der Waals surface area contributed by atoms with Gasteiger partial charge in [-0.1, -0.05) is 22.0 Å². The molecular formula is C8H11BrN2O2. The van der Waals surface area contributed by atoms with Crippen LogP contribution in [0.3, 0.4) is 0 Å². The first-order valence-electron chi connectivity index (χ1n) is 3.44. The molecule has 0 atom stereocenters. The first-order valence-corrected chi connectivity index (χ1v) is 4.23. The molecule has 0 spiro atoms. The monoisotopic (exact) mass is 246 g/mol. The molecule has 5 N–H and O–H groups in total. The Morgan fingerprint density at radius 2 is 1.92 bits per heavy atom. The zero-order valence-corrected chi connectivity index (χ0v) is 8.71. The molecule has 1 aromatic rings. The van der Waals surface area contributed by atoms with E-state index in [1.54, 1.807) is 12.1 Å². The quantitative estimate of drug-likeness (QED) is 0.648. The van der Waals surface area contributed by atoms with Crippen molar-refractivity contribution in [1.82, 2.24) is 0 Å². The van der Waals surface area contributed by atoms with Crippen molar-refractivity contribution >= 4 is 22.0 Å². The van der Waals surface area contributed by atoms with E-state index < -0.39 is 6.03 Å². The van der Waals surface area contributed by atoms with Crippen molar-refractivity contribution in [2.75, 3.05) is 0 Å². The van der Waals surface area contributed by atoms with Crippen molar-refractivity contribution in [1.29, 1.82) is 0 Å². The second-order valence-corrected chi connectivity index (χ2v) is 3.14. The van der Waals surface area contributed by atoms with Crippen molar-refractivity contribution in [3.63, 3.8) is 0 Å². The molecule has 13 heavy (non-hydrogen) atoms. The number of aromatic hydroxyl groups is 1. The van der Waals surface area contributed by atoms with Crippen molar-refractivity contribution in [3.8, 4) is 5.75 Å². The molecule has 0 fully saturated rings. The summed E-state index contributed by atoms with van der Waals surface area (Å²) in [7, 11) is 0. The third kappa shape index (κ3) is 5.08. The maximum Gasteiger partial charge on any atom is 0.309 e. The molecular weight excluding hydrogens is 236 g/mol. The lowest BCUT2D eigenvalue weighted by Gasteiger charge is -1.97. The lowest BCUT2D eigenvalue weighted by molar-refractivity contribution is 0.256. The van der Waals surface area contributed by atoms with Crippen LogP contribution in [0, 0.1) is 6.92 Å². The molecule has 4 nitrogen and oxygen atoms in total. The summed E-state index contributed by atoms with van der Waals surface area (Å²) in [5.41, 5.74) is 9.39. The number of phenols is 1. The van der Waals surface area contributed by atoms with Crippen LogP contribution in [-0.2, 0) is 0 Å². The van der Waals surface area contributed by atoms with Gasteiger partial charge in [0.1, 0.15) is 5.75 Å². The zero-order valence-electron chi connectivity index (χ0n) is 7.12. The van der Waals surface area contributed by atoms with E-state index in [1.807, 2.05) is 13.0 Å². The van der Waals surface area contributed by atoms with Gasteiger partial charge in [0.15, 0.2) is 0 Å². The maximum absolute atomic E-state index is 9.07. The second kappa shape index (κ2) is 5.42. The largest absolute Gasteiger partial charge is 0.508 e. The fourth-order valence-electron chi connectivity index (χ4n) is 0.596. The number of halogens is 1. The fraction of sp³-hybridized carbons (Fsp3) is 0.125. The van der Waals surface area contributed by atoms with E-state index in [0.29, 0.717) is 5.75 Å². The summed E-state index contributed by atoms with van der Waals surface area (Å²) in [5.74, 6) is 0.337. The standard InChI is InChI=1S/C7H7BrO.CH4N2O/c1-5-6(8)3-2-4-7(5)9;2-1(3)4/h2-4,9H,1H3;(H4,2,3,4). The normalized spacial score (nSPS) is 8.46. The molecule has 0 radical (unpaired) electrons. The van der Waals surface area contributed by atoms with E-state index in [1.165, 1.54) is 0 Å². The summed E-state index contributed by atoms with van der Waals surface area (Å²) in [6, 6.07) is 4.53. The smallest absolute Gasteiger partial charge is 0.309 e. The van der Waals surface area contributed by atoms with Gasteiger partial charge in [-0.15, -0.1) is 0 Å². The fourth-order valence-corrected chi connectivity index (χ4v) is 0.952. The molecule has 5 heteroatoms. The van der Waals surface area contributed by atoms with Gasteiger partial charge in [-0.2, -0.15) is 0 Å². The number of primary amides is 2. The van der Waals surface area contributed by atoms with Gasteiger partial charge in [-0.3, -0.25) is 0 Å². The van der Waals surface area contributed by atoms with Gasteiger partial charge in [0.25, 0.3) is 0 Å². The third-order valence-electron chi connectivity index (χ3n) is 1.24. The van der Waals surface area contributed by atoms with Crippen LogP contribution in [0.1, 0.15) is 5.56 Å². The molecule has 0 heterocycles. The Morgan fingerprint density at radius 3 is 2.23 bits per heavy atom. The van der Waals surface area contributed by atoms with Gasteiger partial charge >= 0.3 is 6.03 Å². The summed E-state index contributed by atoms with van der Waals surface area (Å²) in [6.45, 7) is 1.86. The second-order valence-electron chi connectivity index (χ2n) is 2.29. The topological polar surface area (TPSA) is 89.3 Å². The molecule has 0 saturated heterocycles. The van der Waals surface area contributed by atoms with Crippen molar-refractivity contribution in [3.05, 3.63) is 28.2 Å². The molecule has 0 bridgehead atoms. The van der Waals surface area contributed by atoms with E-state index in [2.05, 4.69) is 27.4 Å². The summed E-state index contributed by atoms with van der Waals surface area (Å²) in [6.07, 6.45) is 0. The highest BCUT2D eigenvalue weighted by Gasteiger charge is 1.96. The number of benzene rings is 1. The number of hydrogen-bond acceptors (Lipinski definition) is 2. The minimum Gasteiger partial charge on any atom is -0.508 e. The van der Waals surface area contributed by atoms with Gasteiger partial charge in [0.2, 0.25) is 0 Å². The number of nitrogens with two attached hydrogens (primary N) is 2. The van der Waals surface area contributed by atoms with E-state index in [9.17, 15) is 0 Å². The number of amides is 2. The van der Waals surface area contributed by atoms with E-state index >= 15 is 0 Å². The maximum atomic E-state index is 9.07. The SMILES string of the molecule is Cc1c(O)cccc1Br.NC(N)=O. The first kappa shape index (κ1) is 11.8. The van der Waals surface area contributed by atoms with Crippen LogP contribution in [-0.4, -0.2) is 11.1 Å². The Kier molecular flexibility index (Phi) is 4.91. The predicted molar refractivity (Wildman–Crippen MR) is 54.3 cm³/mol. The number of carbonyl (C=O) groups is 1. The number of hydrogen-bond donors (Lipinski definition) is 3. The Bertz CT molecular complexity index is 278. The van der Waals surface area contributed by atoms with Gasteiger partial charge in [0, 0.05) is 10.0 Å². The van der Waals surface area contributed by atoms with Crippen LogP contribution in [0.25, 0.3) is 0 Å². The Balaban J connectivity index is 0.000000310. The molecule has 72 valence electrons. The molecule has 1 aromatic carbocycles. The summed E-state index contributed by atoms with van der Waals surface area (Å²) >= 11 is 3.29. The average Bonchev–Trinajstić information content (AvgIpc) is 1.99. The van der Waals surface area contributed by atoms with Gasteiger partial charge in [0.05, 0.1) is 0 Å². The van der Waals surface area contributed by atoms with Crippen LogP contribution < -0.4 is 11.5 Å². The molecule has 0 aliphatic heterocycles. The van der Waals surface area contributed by atoms with E-state index in [0.717, 1.165) is 10.0 Å². The predicted octanol–water partition coefficient (Wildman–Crippen LogP) is 1.49. The van der Waals surface area contributed by atoms with E-state index in [-0.39, 0.29) is 0 Å². The lowest BCUT2D eigenvalue weighted by Crippen LogP contribution is -2.18. The van der Waals surface area contributed by atoms with Crippen LogP contribution >= 0.6 is 15.9 Å². The summed E-state index contributed by atoms with van der Waals surface area (Å²) < 4.78 is 0.947. The van der Waals surface area contributed by atoms with Crippen LogP contribution in [0.2, 0.25) is 0 Å². The summed E-state index contributed by atoms with van der Waals surface area (Å²) in [5, 5.41) is 9.07. The van der Waals surface area contributed by atoms with Crippen LogP contribution in [0.5, 0.6) is 5.75 Å². The van der Waals surface area contributed by atoms with Gasteiger partial charge in [-0.25, -0.2) is 4.79 Å². The number of carbonyl (C=O) groups excluding carboxylic acids is 1. The van der Waals surface area contributed by atoms with Crippen molar-refractivity contribution in [2.24, 2.45) is 11.5 Å². The first-order chi connectivity index (χ1) is 5.95. The number of rotatable bonds is 0. The molecule has 0 aromatic heterocycles. The highest BCUT2D eigenvalue weighted by atomic mass is 79.9. The lowest BCUT2D eigenvalue weighted by atomic mass is 10.2. The Labute approximate surface area is 84.7 Å². The van der Waals surface area contributed by atoms with E-state index in [4.69, 9.17) is 9.90 Å². The molecule has 0 saturated carbocycles.